The van der Waals surface area contributed by atoms with Crippen LogP contribution in [0.1, 0.15) is 42.3 Å². The van der Waals surface area contributed by atoms with Crippen molar-refractivity contribution in [3.63, 3.8) is 0 Å². The largest absolute Gasteiger partial charge is 0.493 e. The lowest BCUT2D eigenvalue weighted by atomic mass is 9.93. The SMILES string of the molecule is CC(C)(O)Cc1ncccc1-c1cc2c(n3cnnc13)CCc1c(F)ccc3c1[C@H](CO3)CO2. The Morgan fingerprint density at radius 1 is 1.12 bits per heavy atom. The Bertz CT molecular complexity index is 1410. The minimum absolute atomic E-state index is 0.0316. The highest BCUT2D eigenvalue weighted by atomic mass is 19.1. The molecule has 8 heteroatoms. The number of hydrogen-bond donors (Lipinski definition) is 1. The van der Waals surface area contributed by atoms with Gasteiger partial charge in [-0.2, -0.15) is 0 Å². The quantitative estimate of drug-likeness (QED) is 0.500. The van der Waals surface area contributed by atoms with E-state index >= 15 is 0 Å². The highest BCUT2D eigenvalue weighted by molar-refractivity contribution is 5.80. The van der Waals surface area contributed by atoms with Crippen LogP contribution >= 0.6 is 0 Å². The van der Waals surface area contributed by atoms with E-state index in [0.29, 0.717) is 49.4 Å². The van der Waals surface area contributed by atoms with Crippen LogP contribution in [0.3, 0.4) is 0 Å². The summed E-state index contributed by atoms with van der Waals surface area (Å²) in [6.07, 6.45) is 4.87. The molecule has 34 heavy (non-hydrogen) atoms. The predicted molar refractivity (Wildman–Crippen MR) is 124 cm³/mol. The molecule has 5 heterocycles. The minimum Gasteiger partial charge on any atom is -0.493 e. The molecule has 4 aromatic rings. The van der Waals surface area contributed by atoms with Gasteiger partial charge < -0.3 is 14.6 Å². The fourth-order valence-corrected chi connectivity index (χ4v) is 5.10. The van der Waals surface area contributed by atoms with Gasteiger partial charge in [0.05, 0.1) is 36.1 Å². The van der Waals surface area contributed by atoms with Crippen molar-refractivity contribution >= 4 is 5.65 Å². The maximum atomic E-state index is 14.8. The highest BCUT2D eigenvalue weighted by Gasteiger charge is 2.32. The van der Waals surface area contributed by atoms with Gasteiger partial charge in [-0.05, 0) is 56.5 Å². The first kappa shape index (κ1) is 21.0. The van der Waals surface area contributed by atoms with Gasteiger partial charge in [-0.25, -0.2) is 4.39 Å². The topological polar surface area (TPSA) is 81.8 Å². The van der Waals surface area contributed by atoms with E-state index in [1.165, 1.54) is 6.07 Å². The van der Waals surface area contributed by atoms with E-state index in [9.17, 15) is 9.50 Å². The number of rotatable bonds is 3. The summed E-state index contributed by atoms with van der Waals surface area (Å²) in [6, 6.07) is 9.02. The lowest BCUT2D eigenvalue weighted by Gasteiger charge is -2.20. The summed E-state index contributed by atoms with van der Waals surface area (Å²) in [6.45, 7) is 4.38. The Morgan fingerprint density at radius 3 is 2.76 bits per heavy atom. The molecule has 0 bridgehead atoms. The van der Waals surface area contributed by atoms with Crippen molar-refractivity contribution in [2.75, 3.05) is 13.2 Å². The smallest absolute Gasteiger partial charge is 0.169 e. The van der Waals surface area contributed by atoms with Crippen molar-refractivity contribution in [2.45, 2.75) is 44.6 Å². The summed E-state index contributed by atoms with van der Waals surface area (Å²) in [5, 5.41) is 19.0. The van der Waals surface area contributed by atoms with Crippen LogP contribution in [0.15, 0.2) is 42.9 Å². The van der Waals surface area contributed by atoms with Gasteiger partial charge >= 0.3 is 0 Å². The van der Waals surface area contributed by atoms with Crippen molar-refractivity contribution in [3.05, 3.63) is 71.2 Å². The summed E-state index contributed by atoms with van der Waals surface area (Å²) in [4.78, 5) is 4.54. The van der Waals surface area contributed by atoms with Crippen molar-refractivity contribution in [1.29, 1.82) is 0 Å². The van der Waals surface area contributed by atoms with Crippen LogP contribution in [0.4, 0.5) is 4.39 Å². The average Bonchev–Trinajstić information content (AvgIpc) is 3.44. The van der Waals surface area contributed by atoms with Crippen LogP contribution in [0.5, 0.6) is 11.5 Å². The molecule has 1 N–H and O–H groups in total. The summed E-state index contributed by atoms with van der Waals surface area (Å²) in [5.74, 6) is 1.22. The molecule has 0 spiro atoms. The molecule has 1 atom stereocenters. The number of nitrogens with zero attached hydrogens (tertiary/aromatic N) is 4. The molecule has 0 saturated heterocycles. The molecule has 0 fully saturated rings. The zero-order chi connectivity index (χ0) is 23.4. The van der Waals surface area contributed by atoms with E-state index in [1.807, 2.05) is 22.6 Å². The van der Waals surface area contributed by atoms with E-state index in [-0.39, 0.29) is 11.7 Å². The van der Waals surface area contributed by atoms with Crippen LogP contribution < -0.4 is 9.47 Å². The van der Waals surface area contributed by atoms with Gasteiger partial charge in [0.15, 0.2) is 5.65 Å². The maximum Gasteiger partial charge on any atom is 0.169 e. The van der Waals surface area contributed by atoms with Gasteiger partial charge in [0.2, 0.25) is 0 Å². The van der Waals surface area contributed by atoms with E-state index in [4.69, 9.17) is 9.47 Å². The Balaban J connectivity index is 1.50. The van der Waals surface area contributed by atoms with Gasteiger partial charge in [0.1, 0.15) is 23.6 Å². The number of benzene rings is 1. The predicted octanol–water partition coefficient (Wildman–Crippen LogP) is 3.90. The van der Waals surface area contributed by atoms with Crippen LogP contribution in [0.25, 0.3) is 16.8 Å². The molecule has 174 valence electrons. The molecule has 0 radical (unpaired) electrons. The monoisotopic (exact) mass is 460 g/mol. The third-order valence-electron chi connectivity index (χ3n) is 6.58. The Kier molecular flexibility index (Phi) is 4.81. The van der Waals surface area contributed by atoms with Gasteiger partial charge in [-0.1, -0.05) is 6.07 Å². The molecule has 6 rings (SSSR count). The number of pyridine rings is 2. The minimum atomic E-state index is -0.916. The number of ether oxygens (including phenoxy) is 2. The average molecular weight is 461 g/mol. The van der Waals surface area contributed by atoms with Crippen LogP contribution in [-0.4, -0.2) is 43.5 Å². The van der Waals surface area contributed by atoms with Crippen molar-refractivity contribution in [3.8, 4) is 22.6 Å². The zero-order valence-electron chi connectivity index (χ0n) is 19.1. The first-order valence-corrected chi connectivity index (χ1v) is 11.5. The summed E-state index contributed by atoms with van der Waals surface area (Å²) >= 11 is 0. The molecule has 1 aromatic carbocycles. The lowest BCUT2D eigenvalue weighted by molar-refractivity contribution is 0.0801. The highest BCUT2D eigenvalue weighted by Crippen LogP contribution is 2.41. The van der Waals surface area contributed by atoms with Crippen LogP contribution in [-0.2, 0) is 19.3 Å². The maximum absolute atomic E-state index is 14.8. The molecular weight excluding hydrogens is 435 g/mol. The number of aromatic nitrogens is 4. The van der Waals surface area contributed by atoms with Gasteiger partial charge in [0.25, 0.3) is 0 Å². The molecular formula is C26H25FN4O3. The molecule has 7 nitrogen and oxygen atoms in total. The summed E-state index contributed by atoms with van der Waals surface area (Å²) in [7, 11) is 0. The second-order valence-corrected chi connectivity index (χ2v) is 9.64. The molecule has 0 amide bonds. The van der Waals surface area contributed by atoms with E-state index in [0.717, 1.165) is 33.8 Å². The van der Waals surface area contributed by atoms with Crippen LogP contribution in [0.2, 0.25) is 0 Å². The number of halogens is 1. The normalized spacial score (nSPS) is 17.2. The third kappa shape index (κ3) is 3.49. The standard InChI is InChI=1S/C26H25FN4O3/c1-26(2,32)11-20-16(4-3-9-28-20)18-10-23-21(31-14-29-30-25(18)31)7-5-17-19(27)6-8-22-24(17)15(12-33-22)13-34-23/h3-4,6,8-10,14-15,32H,5,7,11-13H2,1-2H3/t15-/m1/s1. The lowest BCUT2D eigenvalue weighted by Crippen LogP contribution is -2.23. The molecule has 2 aliphatic heterocycles. The number of aryl methyl sites for hydroxylation is 1. The molecule has 0 unspecified atom stereocenters. The fraction of sp³-hybridized carbons (Fsp3) is 0.346. The molecule has 3 aromatic heterocycles. The van der Waals surface area contributed by atoms with E-state index < -0.39 is 5.60 Å². The number of fused-ring (bicyclic) bond motifs is 3. The summed E-state index contributed by atoms with van der Waals surface area (Å²) < 4.78 is 29.0. The van der Waals surface area contributed by atoms with Gasteiger partial charge in [-0.3, -0.25) is 9.38 Å². The van der Waals surface area contributed by atoms with Gasteiger partial charge in [-0.15, -0.1) is 10.2 Å². The van der Waals surface area contributed by atoms with Crippen LogP contribution in [0, 0.1) is 5.82 Å². The Hall–Kier alpha value is -3.52. The number of hydrogen-bond acceptors (Lipinski definition) is 6. The first-order valence-electron chi connectivity index (χ1n) is 11.5. The fourth-order valence-electron chi connectivity index (χ4n) is 5.10. The van der Waals surface area contributed by atoms with Crippen molar-refractivity contribution in [1.82, 2.24) is 19.6 Å². The second-order valence-electron chi connectivity index (χ2n) is 9.64. The summed E-state index contributed by atoms with van der Waals surface area (Å²) in [5.41, 5.74) is 4.74. The second kappa shape index (κ2) is 7.77. The van der Waals surface area contributed by atoms with Crippen molar-refractivity contribution in [2.24, 2.45) is 0 Å². The Morgan fingerprint density at radius 2 is 1.94 bits per heavy atom. The zero-order valence-corrected chi connectivity index (χ0v) is 19.1. The van der Waals surface area contributed by atoms with E-state index in [1.54, 1.807) is 32.4 Å². The Labute approximate surface area is 196 Å². The van der Waals surface area contributed by atoms with Gasteiger partial charge in [0, 0.05) is 29.3 Å². The van der Waals surface area contributed by atoms with Crippen molar-refractivity contribution < 1.29 is 19.0 Å². The van der Waals surface area contributed by atoms with E-state index in [2.05, 4.69) is 15.2 Å². The third-order valence-corrected chi connectivity index (χ3v) is 6.58. The number of aliphatic hydroxyl groups is 1. The molecule has 2 aliphatic rings. The first-order chi connectivity index (χ1) is 16.4. The molecule has 0 saturated carbocycles. The molecule has 0 aliphatic carbocycles.